The second kappa shape index (κ2) is 8.44. The van der Waals surface area contributed by atoms with Crippen LogP contribution in [0.5, 0.6) is 0 Å². The van der Waals surface area contributed by atoms with E-state index in [1.807, 2.05) is 26.8 Å². The summed E-state index contributed by atoms with van der Waals surface area (Å²) in [5.74, 6) is 1.66. The van der Waals surface area contributed by atoms with E-state index in [1.54, 1.807) is 17.2 Å². The summed E-state index contributed by atoms with van der Waals surface area (Å²) in [5, 5.41) is 1.63. The van der Waals surface area contributed by atoms with Gasteiger partial charge < -0.3 is 0 Å². The zero-order valence-corrected chi connectivity index (χ0v) is 9.65. The van der Waals surface area contributed by atoms with Gasteiger partial charge in [-0.15, -0.1) is 19.6 Å². The monoisotopic (exact) mass is 190 g/mol. The summed E-state index contributed by atoms with van der Waals surface area (Å²) in [6, 6.07) is 0. The first-order valence-corrected chi connectivity index (χ1v) is 5.01. The predicted molar refractivity (Wildman–Crippen MR) is 55.8 cm³/mol. The van der Waals surface area contributed by atoms with Gasteiger partial charge in [0.1, 0.15) is 0 Å². The van der Waals surface area contributed by atoms with Crippen LogP contribution in [0.1, 0.15) is 20.8 Å². The zero-order chi connectivity index (χ0) is 9.56. The van der Waals surface area contributed by atoms with E-state index in [2.05, 4.69) is 6.58 Å². The fraction of sp³-hybridized carbons (Fsp3) is 0.300. The molecule has 0 bridgehead atoms. The van der Waals surface area contributed by atoms with E-state index in [0.29, 0.717) is 0 Å². The van der Waals surface area contributed by atoms with Crippen molar-refractivity contribution in [2.24, 2.45) is 0 Å². The molecule has 0 saturated heterocycles. The average Bonchev–Trinajstić information content (AvgIpc) is 1.96. The predicted octanol–water partition coefficient (Wildman–Crippen LogP) is -0.0431. The van der Waals surface area contributed by atoms with Gasteiger partial charge in [-0.3, -0.25) is 4.21 Å². The van der Waals surface area contributed by atoms with Gasteiger partial charge in [-0.05, 0) is 23.1 Å². The van der Waals surface area contributed by atoms with E-state index in [0.717, 1.165) is 11.1 Å². The van der Waals surface area contributed by atoms with Crippen molar-refractivity contribution in [1.82, 2.24) is 0 Å². The second-order valence-corrected chi connectivity index (χ2v) is 4.06. The van der Waals surface area contributed by atoms with Gasteiger partial charge in [-0.1, -0.05) is 18.2 Å². The van der Waals surface area contributed by atoms with Gasteiger partial charge >= 0.3 is 18.9 Å². The molecule has 0 spiro atoms. The van der Waals surface area contributed by atoms with Crippen LogP contribution in [0.2, 0.25) is 0 Å². The third-order valence-electron chi connectivity index (χ3n) is 1.02. The topological polar surface area (TPSA) is 17.1 Å². The number of rotatable bonds is 4. The van der Waals surface area contributed by atoms with Gasteiger partial charge in [0.05, 0.1) is 0 Å². The van der Waals surface area contributed by atoms with Crippen LogP contribution >= 0.6 is 0 Å². The van der Waals surface area contributed by atoms with Crippen LogP contribution < -0.4 is 18.9 Å². The summed E-state index contributed by atoms with van der Waals surface area (Å²) >= 11 is 0. The maximum Gasteiger partial charge on any atom is 1.00 e. The van der Waals surface area contributed by atoms with Gasteiger partial charge in [0.25, 0.3) is 0 Å². The van der Waals surface area contributed by atoms with Crippen LogP contribution in [0, 0.1) is 5.75 Å². The van der Waals surface area contributed by atoms with Crippen LogP contribution in [0.25, 0.3) is 0 Å². The Morgan fingerprint density at radius 2 is 1.92 bits per heavy atom. The normalized spacial score (nSPS) is 11.6. The van der Waals surface area contributed by atoms with E-state index >= 15 is 0 Å². The molecule has 0 aromatic heterocycles. The molecule has 0 aliphatic carbocycles. The standard InChI is InChI=1S/C10H15OS.Li/c1-9(2)5-7-12(11)8-6-10(3)4;/h5-8H,1H2,2-4H3;/q-1;+1/b7-5-;/t12-;/m0./s1. The third kappa shape index (κ3) is 11.8. The molecule has 1 atom stereocenters. The Hall–Kier alpha value is -0.163. The Morgan fingerprint density at radius 3 is 2.31 bits per heavy atom. The minimum absolute atomic E-state index is 0. The molecule has 0 unspecified atom stereocenters. The van der Waals surface area contributed by atoms with Crippen LogP contribution in [0.3, 0.4) is 0 Å². The first-order chi connectivity index (χ1) is 5.52. The molecule has 0 aromatic carbocycles. The van der Waals surface area contributed by atoms with Crippen molar-refractivity contribution in [1.29, 1.82) is 0 Å². The Kier molecular flexibility index (Phi) is 9.94. The van der Waals surface area contributed by atoms with Crippen LogP contribution in [0.4, 0.5) is 0 Å². The Bertz CT molecular complexity index is 237. The molecule has 0 saturated carbocycles. The summed E-state index contributed by atoms with van der Waals surface area (Å²) in [6.45, 7) is 9.48. The SMILES string of the molecule is C=C(C)/C=C\[S@](=O)[CH-]C=C(C)C.[Li+]. The maximum atomic E-state index is 11.1. The van der Waals surface area contributed by atoms with E-state index in [9.17, 15) is 4.21 Å². The molecule has 0 aliphatic rings. The van der Waals surface area contributed by atoms with Gasteiger partial charge in [0.2, 0.25) is 0 Å². The molecule has 13 heavy (non-hydrogen) atoms. The first-order valence-electron chi connectivity index (χ1n) is 3.74. The van der Waals surface area contributed by atoms with Gasteiger partial charge in [0.15, 0.2) is 0 Å². The van der Waals surface area contributed by atoms with Crippen LogP contribution in [-0.2, 0) is 10.8 Å². The fourth-order valence-electron chi connectivity index (χ4n) is 0.432. The zero-order valence-electron chi connectivity index (χ0n) is 8.83. The summed E-state index contributed by atoms with van der Waals surface area (Å²) in [7, 11) is -1.00. The van der Waals surface area contributed by atoms with Crippen molar-refractivity contribution >= 4 is 10.8 Å². The van der Waals surface area contributed by atoms with Gasteiger partial charge in [-0.25, -0.2) is 11.6 Å². The van der Waals surface area contributed by atoms with Crippen LogP contribution in [0.15, 0.2) is 35.3 Å². The molecule has 0 amide bonds. The van der Waals surface area contributed by atoms with Crippen molar-refractivity contribution in [3.05, 3.63) is 41.0 Å². The van der Waals surface area contributed by atoms with E-state index in [1.165, 1.54) is 0 Å². The molecule has 0 fully saturated rings. The minimum Gasteiger partial charge on any atom is -0.270 e. The molecule has 0 aliphatic heterocycles. The van der Waals surface area contributed by atoms with Gasteiger partial charge in [0, 0.05) is 0 Å². The molecule has 0 N–H and O–H groups in total. The summed E-state index contributed by atoms with van der Waals surface area (Å²) < 4.78 is 11.1. The molecule has 1 nitrogen and oxygen atoms in total. The number of allylic oxidation sites excluding steroid dienone is 3. The minimum atomic E-state index is -1.00. The Balaban J connectivity index is 0. The quantitative estimate of drug-likeness (QED) is 0.345. The smallest absolute Gasteiger partial charge is 0.270 e. The summed E-state index contributed by atoms with van der Waals surface area (Å²) in [6.07, 6.45) is 3.60. The molecule has 0 heterocycles. The third-order valence-corrected chi connectivity index (χ3v) is 1.83. The van der Waals surface area contributed by atoms with Crippen molar-refractivity contribution in [2.45, 2.75) is 20.8 Å². The van der Waals surface area contributed by atoms with Crippen molar-refractivity contribution < 1.29 is 23.1 Å². The summed E-state index contributed by atoms with van der Waals surface area (Å²) in [5.41, 5.74) is 2.06. The Labute approximate surface area is 95.6 Å². The second-order valence-electron chi connectivity index (χ2n) is 2.86. The number of hydrogen-bond donors (Lipinski definition) is 0. The average molecular weight is 190 g/mol. The van der Waals surface area contributed by atoms with Crippen molar-refractivity contribution in [3.8, 4) is 0 Å². The first kappa shape index (κ1) is 15.3. The number of hydrogen-bond acceptors (Lipinski definition) is 1. The largest absolute Gasteiger partial charge is 1.00 e. The molecular formula is C10H15LiOS. The summed E-state index contributed by atoms with van der Waals surface area (Å²) in [4.78, 5) is 0. The molecular weight excluding hydrogens is 175 g/mol. The van der Waals surface area contributed by atoms with Crippen molar-refractivity contribution in [3.63, 3.8) is 0 Å². The fourth-order valence-corrected chi connectivity index (χ4v) is 1.30. The van der Waals surface area contributed by atoms with E-state index in [-0.39, 0.29) is 18.9 Å². The molecule has 0 rings (SSSR count). The molecule has 68 valence electrons. The molecule has 0 aromatic rings. The van der Waals surface area contributed by atoms with Gasteiger partial charge in [-0.2, -0.15) is 0 Å². The maximum absolute atomic E-state index is 11.1. The Morgan fingerprint density at radius 1 is 1.38 bits per heavy atom. The van der Waals surface area contributed by atoms with Crippen molar-refractivity contribution in [2.75, 3.05) is 0 Å². The van der Waals surface area contributed by atoms with Crippen LogP contribution in [-0.4, -0.2) is 4.21 Å². The van der Waals surface area contributed by atoms with E-state index in [4.69, 9.17) is 0 Å². The molecule has 3 heteroatoms. The van der Waals surface area contributed by atoms with E-state index < -0.39 is 10.8 Å². The molecule has 0 radical (unpaired) electrons.